The molecule has 3 N–H and O–H groups in total. The third-order valence-electron chi connectivity index (χ3n) is 4.66. The summed E-state index contributed by atoms with van der Waals surface area (Å²) in [7, 11) is 0. The van der Waals surface area contributed by atoms with Crippen molar-refractivity contribution in [3.63, 3.8) is 0 Å². The first-order chi connectivity index (χ1) is 12.6. The number of aliphatic imine (C=N–C) groups is 1. The fourth-order valence-corrected chi connectivity index (χ4v) is 3.38. The number of nitrogens with zero attached hydrogens (tertiary/aromatic N) is 2. The molecule has 1 heterocycles. The van der Waals surface area contributed by atoms with Crippen molar-refractivity contribution in [2.24, 2.45) is 4.99 Å². The van der Waals surface area contributed by atoms with E-state index in [2.05, 4.69) is 26.7 Å². The molecule has 1 aliphatic carbocycles. The first-order valence-corrected chi connectivity index (χ1v) is 9.42. The van der Waals surface area contributed by atoms with Crippen LogP contribution in [-0.2, 0) is 18.4 Å². The summed E-state index contributed by atoms with van der Waals surface area (Å²) in [6.45, 7) is 3.87. The van der Waals surface area contributed by atoms with Crippen LogP contribution in [0.15, 0.2) is 47.6 Å². The second-order valence-electron chi connectivity index (χ2n) is 6.55. The van der Waals surface area contributed by atoms with Crippen LogP contribution < -0.4 is 10.6 Å². The molecule has 0 saturated heterocycles. The Hall–Kier alpha value is -2.11. The molecule has 5 nitrogen and oxygen atoms in total. The van der Waals surface area contributed by atoms with Crippen LogP contribution in [0.2, 0.25) is 5.15 Å². The van der Waals surface area contributed by atoms with Crippen molar-refractivity contribution >= 4 is 17.6 Å². The van der Waals surface area contributed by atoms with Crippen LogP contribution in [0.5, 0.6) is 0 Å². The lowest BCUT2D eigenvalue weighted by Crippen LogP contribution is -2.39. The molecule has 1 unspecified atom stereocenters. The van der Waals surface area contributed by atoms with Crippen molar-refractivity contribution in [2.45, 2.75) is 31.8 Å². The van der Waals surface area contributed by atoms with E-state index in [-0.39, 0.29) is 0 Å². The van der Waals surface area contributed by atoms with Gasteiger partial charge in [0.05, 0.1) is 6.54 Å². The fraction of sp³-hybridized carbons (Fsp3) is 0.400. The van der Waals surface area contributed by atoms with E-state index in [0.717, 1.165) is 37.1 Å². The number of nitrogens with one attached hydrogen (secondary N) is 2. The minimum atomic E-state index is -0.876. The van der Waals surface area contributed by atoms with Crippen LogP contribution in [0.25, 0.3) is 0 Å². The lowest BCUT2D eigenvalue weighted by Gasteiger charge is -2.22. The summed E-state index contributed by atoms with van der Waals surface area (Å²) in [5, 5.41) is 18.1. The van der Waals surface area contributed by atoms with Gasteiger partial charge in [0, 0.05) is 19.3 Å². The van der Waals surface area contributed by atoms with Gasteiger partial charge in [-0.15, -0.1) is 0 Å². The molecule has 0 spiro atoms. The molecule has 0 saturated carbocycles. The summed E-state index contributed by atoms with van der Waals surface area (Å²) in [6, 6.07) is 11.8. The number of rotatable bonds is 6. The van der Waals surface area contributed by atoms with E-state index < -0.39 is 5.60 Å². The first kappa shape index (κ1) is 18.7. The fourth-order valence-electron chi connectivity index (χ4n) is 3.26. The highest BCUT2D eigenvalue weighted by Gasteiger charge is 2.36. The Bertz CT molecular complexity index is 763. The summed E-state index contributed by atoms with van der Waals surface area (Å²) in [4.78, 5) is 8.71. The number of halogens is 1. The molecule has 1 atom stereocenters. The second kappa shape index (κ2) is 8.52. The highest BCUT2D eigenvalue weighted by molar-refractivity contribution is 6.29. The second-order valence-corrected chi connectivity index (χ2v) is 6.94. The summed E-state index contributed by atoms with van der Waals surface area (Å²) in [6.07, 6.45) is 4.22. The van der Waals surface area contributed by atoms with E-state index >= 15 is 0 Å². The van der Waals surface area contributed by atoms with Crippen molar-refractivity contribution in [2.75, 3.05) is 19.6 Å². The van der Waals surface area contributed by atoms with Gasteiger partial charge in [0.15, 0.2) is 5.96 Å². The highest BCUT2D eigenvalue weighted by Crippen LogP contribution is 2.36. The minimum absolute atomic E-state index is 0.349. The molecule has 1 aromatic carbocycles. The number of aliphatic hydroxyl groups is 1. The number of fused-ring (bicyclic) bond motifs is 1. The van der Waals surface area contributed by atoms with E-state index in [1.54, 1.807) is 12.3 Å². The molecule has 3 rings (SSSR count). The summed E-state index contributed by atoms with van der Waals surface area (Å²) < 4.78 is 0. The van der Waals surface area contributed by atoms with Gasteiger partial charge in [-0.25, -0.2) is 9.98 Å². The van der Waals surface area contributed by atoms with Gasteiger partial charge < -0.3 is 15.7 Å². The number of hydrogen-bond acceptors (Lipinski definition) is 3. The molecular formula is C20H25ClN4O. The third kappa shape index (κ3) is 4.54. The molecule has 0 aliphatic heterocycles. The standard InChI is InChI=1S/C20H25ClN4O/c1-2-22-19(23-12-10-15-7-8-18(21)24-13-15)25-14-20(26)11-9-16-5-3-4-6-17(16)20/h3-8,13,26H,2,9-12,14H2,1H3,(H2,22,23,25). The molecular weight excluding hydrogens is 348 g/mol. The first-order valence-electron chi connectivity index (χ1n) is 9.04. The molecule has 26 heavy (non-hydrogen) atoms. The molecule has 2 aromatic rings. The Morgan fingerprint density at radius 1 is 1.27 bits per heavy atom. The van der Waals surface area contributed by atoms with Crippen molar-refractivity contribution < 1.29 is 5.11 Å². The molecule has 138 valence electrons. The Kier molecular flexibility index (Phi) is 6.12. The van der Waals surface area contributed by atoms with Gasteiger partial charge >= 0.3 is 0 Å². The SMILES string of the molecule is CCNC(=NCC1(O)CCc2ccccc21)NCCc1ccc(Cl)nc1. The van der Waals surface area contributed by atoms with E-state index in [1.165, 1.54) is 5.56 Å². The van der Waals surface area contributed by atoms with Crippen LogP contribution in [-0.4, -0.2) is 35.7 Å². The molecule has 0 bridgehead atoms. The van der Waals surface area contributed by atoms with Crippen LogP contribution in [0.3, 0.4) is 0 Å². The number of benzene rings is 1. The largest absolute Gasteiger partial charge is 0.383 e. The van der Waals surface area contributed by atoms with Gasteiger partial charge in [0.25, 0.3) is 0 Å². The maximum absolute atomic E-state index is 11.0. The predicted octanol–water partition coefficient (Wildman–Crippen LogP) is 2.67. The Labute approximate surface area is 159 Å². The van der Waals surface area contributed by atoms with Gasteiger partial charge in [-0.05, 0) is 48.9 Å². The van der Waals surface area contributed by atoms with E-state index in [1.807, 2.05) is 31.2 Å². The monoisotopic (exact) mass is 372 g/mol. The lowest BCUT2D eigenvalue weighted by atomic mass is 9.96. The zero-order chi connectivity index (χ0) is 18.4. The average molecular weight is 373 g/mol. The number of aryl methyl sites for hydroxylation is 1. The molecule has 0 fully saturated rings. The number of guanidine groups is 1. The highest BCUT2D eigenvalue weighted by atomic mass is 35.5. The molecule has 1 aliphatic rings. The Morgan fingerprint density at radius 3 is 2.88 bits per heavy atom. The summed E-state index contributed by atoms with van der Waals surface area (Å²) >= 11 is 5.81. The van der Waals surface area contributed by atoms with Crippen molar-refractivity contribution in [3.05, 3.63) is 64.4 Å². The van der Waals surface area contributed by atoms with Gasteiger partial charge in [-0.3, -0.25) is 0 Å². The van der Waals surface area contributed by atoms with Gasteiger partial charge in [0.2, 0.25) is 0 Å². The van der Waals surface area contributed by atoms with Crippen LogP contribution in [0.1, 0.15) is 30.0 Å². The van der Waals surface area contributed by atoms with E-state index in [0.29, 0.717) is 24.1 Å². The third-order valence-corrected chi connectivity index (χ3v) is 4.89. The molecule has 0 amide bonds. The quantitative estimate of drug-likeness (QED) is 0.414. The van der Waals surface area contributed by atoms with Gasteiger partial charge in [-0.2, -0.15) is 0 Å². The lowest BCUT2D eigenvalue weighted by molar-refractivity contribution is 0.0485. The van der Waals surface area contributed by atoms with Crippen molar-refractivity contribution in [1.29, 1.82) is 0 Å². The van der Waals surface area contributed by atoms with Crippen LogP contribution in [0, 0.1) is 0 Å². The van der Waals surface area contributed by atoms with Crippen LogP contribution >= 0.6 is 11.6 Å². The smallest absolute Gasteiger partial charge is 0.191 e. The van der Waals surface area contributed by atoms with Crippen LogP contribution in [0.4, 0.5) is 0 Å². The Balaban J connectivity index is 1.59. The number of hydrogen-bond donors (Lipinski definition) is 3. The number of pyridine rings is 1. The van der Waals surface area contributed by atoms with Crippen molar-refractivity contribution in [1.82, 2.24) is 15.6 Å². The summed E-state index contributed by atoms with van der Waals surface area (Å²) in [5.41, 5.74) is 2.46. The minimum Gasteiger partial charge on any atom is -0.383 e. The maximum Gasteiger partial charge on any atom is 0.191 e. The van der Waals surface area contributed by atoms with Gasteiger partial charge in [-0.1, -0.05) is 41.9 Å². The van der Waals surface area contributed by atoms with E-state index in [4.69, 9.17) is 11.6 Å². The zero-order valence-electron chi connectivity index (χ0n) is 15.0. The Morgan fingerprint density at radius 2 is 2.12 bits per heavy atom. The molecule has 1 aromatic heterocycles. The number of aromatic nitrogens is 1. The zero-order valence-corrected chi connectivity index (χ0v) is 15.8. The predicted molar refractivity (Wildman–Crippen MR) is 106 cm³/mol. The summed E-state index contributed by atoms with van der Waals surface area (Å²) in [5.74, 6) is 0.715. The maximum atomic E-state index is 11.0. The van der Waals surface area contributed by atoms with Gasteiger partial charge in [0.1, 0.15) is 10.8 Å². The topological polar surface area (TPSA) is 69.5 Å². The van der Waals surface area contributed by atoms with Crippen molar-refractivity contribution in [3.8, 4) is 0 Å². The van der Waals surface area contributed by atoms with E-state index in [9.17, 15) is 5.11 Å². The molecule has 6 heteroatoms. The normalized spacial score (nSPS) is 19.3. The molecule has 0 radical (unpaired) electrons. The average Bonchev–Trinajstić information content (AvgIpc) is 2.99.